The SMILES string of the molecule is Cc1cc2sc(NC(=O)c3ccc4c(c3)OCCO4)nc2cc1Cl. The molecule has 1 aliphatic rings. The molecule has 1 amide bonds. The van der Waals surface area contributed by atoms with Crippen LogP contribution in [0.4, 0.5) is 5.13 Å². The summed E-state index contributed by atoms with van der Waals surface area (Å²) in [5, 5.41) is 4.02. The standard InChI is InChI=1S/C17H13ClN2O3S/c1-9-6-15-12(8-11(9)18)19-17(24-15)20-16(21)10-2-3-13-14(7-10)23-5-4-22-13/h2-3,6-8H,4-5H2,1H3,(H,19,20,21). The van der Waals surface area contributed by atoms with E-state index in [2.05, 4.69) is 10.3 Å². The van der Waals surface area contributed by atoms with E-state index in [4.69, 9.17) is 21.1 Å². The Hall–Kier alpha value is -2.31. The highest BCUT2D eigenvalue weighted by atomic mass is 35.5. The maximum Gasteiger partial charge on any atom is 0.257 e. The number of fused-ring (bicyclic) bond motifs is 2. The molecular weight excluding hydrogens is 348 g/mol. The van der Waals surface area contributed by atoms with E-state index in [0.29, 0.717) is 40.4 Å². The molecule has 0 fully saturated rings. The van der Waals surface area contributed by atoms with E-state index in [-0.39, 0.29) is 5.91 Å². The fraction of sp³-hybridized carbons (Fsp3) is 0.176. The van der Waals surface area contributed by atoms with Crippen LogP contribution in [-0.4, -0.2) is 24.1 Å². The van der Waals surface area contributed by atoms with Gasteiger partial charge >= 0.3 is 0 Å². The van der Waals surface area contributed by atoms with Crippen LogP contribution >= 0.6 is 22.9 Å². The monoisotopic (exact) mass is 360 g/mol. The Bertz CT molecular complexity index is 915. The smallest absolute Gasteiger partial charge is 0.257 e. The number of hydrogen-bond donors (Lipinski definition) is 1. The van der Waals surface area contributed by atoms with Gasteiger partial charge in [0.2, 0.25) is 0 Å². The second-order valence-corrected chi connectivity index (χ2v) is 6.84. The number of rotatable bonds is 2. The molecule has 0 saturated heterocycles. The Labute approximate surface area is 147 Å². The van der Waals surface area contributed by atoms with Crippen LogP contribution in [-0.2, 0) is 0 Å². The third-order valence-electron chi connectivity index (χ3n) is 3.69. The van der Waals surface area contributed by atoms with E-state index in [9.17, 15) is 4.79 Å². The van der Waals surface area contributed by atoms with E-state index < -0.39 is 0 Å². The van der Waals surface area contributed by atoms with Gasteiger partial charge in [0.15, 0.2) is 16.6 Å². The Morgan fingerprint density at radius 1 is 1.21 bits per heavy atom. The first-order chi connectivity index (χ1) is 11.6. The predicted octanol–water partition coefficient (Wildman–Crippen LogP) is 4.28. The highest BCUT2D eigenvalue weighted by molar-refractivity contribution is 7.22. The number of aromatic nitrogens is 1. The number of carbonyl (C=O) groups is 1. The van der Waals surface area contributed by atoms with Crippen LogP contribution in [0.25, 0.3) is 10.2 Å². The molecule has 3 aromatic rings. The lowest BCUT2D eigenvalue weighted by Gasteiger charge is -2.18. The summed E-state index contributed by atoms with van der Waals surface area (Å²) in [7, 11) is 0. The van der Waals surface area contributed by atoms with E-state index >= 15 is 0 Å². The zero-order valence-electron chi connectivity index (χ0n) is 12.8. The fourth-order valence-electron chi connectivity index (χ4n) is 2.46. The Kier molecular flexibility index (Phi) is 3.78. The van der Waals surface area contributed by atoms with Gasteiger partial charge in [0.1, 0.15) is 13.2 Å². The Morgan fingerprint density at radius 2 is 2.00 bits per heavy atom. The third-order valence-corrected chi connectivity index (χ3v) is 5.03. The summed E-state index contributed by atoms with van der Waals surface area (Å²) in [6.07, 6.45) is 0. The number of halogens is 1. The number of ether oxygens (including phenoxy) is 2. The molecule has 1 aromatic heterocycles. The molecule has 0 spiro atoms. The van der Waals surface area contributed by atoms with Crippen molar-refractivity contribution in [2.24, 2.45) is 0 Å². The number of anilines is 1. The number of nitrogens with one attached hydrogen (secondary N) is 1. The van der Waals surface area contributed by atoms with E-state index in [0.717, 1.165) is 15.8 Å². The number of nitrogens with zero attached hydrogens (tertiary/aromatic N) is 1. The van der Waals surface area contributed by atoms with Crippen LogP contribution in [0.15, 0.2) is 30.3 Å². The lowest BCUT2D eigenvalue weighted by atomic mass is 10.2. The average molecular weight is 361 g/mol. The molecule has 0 bridgehead atoms. The first-order valence-electron chi connectivity index (χ1n) is 7.38. The van der Waals surface area contributed by atoms with Crippen molar-refractivity contribution in [3.8, 4) is 11.5 Å². The molecular formula is C17H13ClN2O3S. The van der Waals surface area contributed by atoms with Crippen LogP contribution in [0, 0.1) is 6.92 Å². The predicted molar refractivity (Wildman–Crippen MR) is 94.8 cm³/mol. The van der Waals surface area contributed by atoms with Gasteiger partial charge in [0.25, 0.3) is 5.91 Å². The summed E-state index contributed by atoms with van der Waals surface area (Å²) >= 11 is 7.53. The van der Waals surface area contributed by atoms with Gasteiger partial charge in [-0.05, 0) is 42.8 Å². The largest absolute Gasteiger partial charge is 0.486 e. The van der Waals surface area contributed by atoms with Crippen molar-refractivity contribution in [1.29, 1.82) is 0 Å². The summed E-state index contributed by atoms with van der Waals surface area (Å²) < 4.78 is 11.9. The molecule has 7 heteroatoms. The van der Waals surface area contributed by atoms with Crippen LogP contribution in [0.5, 0.6) is 11.5 Å². The number of hydrogen-bond acceptors (Lipinski definition) is 5. The van der Waals surface area contributed by atoms with Crippen molar-refractivity contribution in [3.05, 3.63) is 46.5 Å². The maximum atomic E-state index is 12.4. The molecule has 2 aromatic carbocycles. The van der Waals surface area contributed by atoms with Crippen molar-refractivity contribution >= 4 is 44.2 Å². The summed E-state index contributed by atoms with van der Waals surface area (Å²) in [6, 6.07) is 8.90. The Morgan fingerprint density at radius 3 is 2.83 bits per heavy atom. The van der Waals surface area contributed by atoms with Gasteiger partial charge in [-0.1, -0.05) is 22.9 Å². The quantitative estimate of drug-likeness (QED) is 0.741. The van der Waals surface area contributed by atoms with Crippen molar-refractivity contribution in [1.82, 2.24) is 4.98 Å². The van der Waals surface area contributed by atoms with E-state index in [1.807, 2.05) is 19.1 Å². The van der Waals surface area contributed by atoms with Crippen LogP contribution < -0.4 is 14.8 Å². The average Bonchev–Trinajstić information content (AvgIpc) is 2.95. The number of aryl methyl sites for hydroxylation is 1. The van der Waals surface area contributed by atoms with Gasteiger partial charge in [-0.15, -0.1) is 0 Å². The van der Waals surface area contributed by atoms with Crippen LogP contribution in [0.3, 0.4) is 0 Å². The summed E-state index contributed by atoms with van der Waals surface area (Å²) in [5.41, 5.74) is 2.25. The number of benzene rings is 2. The molecule has 122 valence electrons. The van der Waals surface area contributed by atoms with Crippen LogP contribution in [0.2, 0.25) is 5.02 Å². The molecule has 1 N–H and O–H groups in total. The number of carbonyl (C=O) groups excluding carboxylic acids is 1. The van der Waals surface area contributed by atoms with Crippen molar-refractivity contribution in [3.63, 3.8) is 0 Å². The number of amides is 1. The van der Waals surface area contributed by atoms with Crippen molar-refractivity contribution < 1.29 is 14.3 Å². The van der Waals surface area contributed by atoms with Gasteiger partial charge in [-0.25, -0.2) is 4.98 Å². The molecule has 2 heterocycles. The summed E-state index contributed by atoms with van der Waals surface area (Å²) in [5.74, 6) is 0.998. The molecule has 24 heavy (non-hydrogen) atoms. The van der Waals surface area contributed by atoms with Gasteiger partial charge in [0.05, 0.1) is 10.2 Å². The molecule has 0 saturated carbocycles. The van der Waals surface area contributed by atoms with Gasteiger partial charge < -0.3 is 9.47 Å². The molecule has 0 radical (unpaired) electrons. The molecule has 0 aliphatic carbocycles. The van der Waals surface area contributed by atoms with Crippen molar-refractivity contribution in [2.75, 3.05) is 18.5 Å². The molecule has 4 rings (SSSR count). The summed E-state index contributed by atoms with van der Waals surface area (Å²) in [4.78, 5) is 16.9. The van der Waals surface area contributed by atoms with Gasteiger partial charge in [0, 0.05) is 10.6 Å². The zero-order chi connectivity index (χ0) is 16.7. The number of thiazole rings is 1. The van der Waals surface area contributed by atoms with Crippen molar-refractivity contribution in [2.45, 2.75) is 6.92 Å². The Balaban J connectivity index is 1.59. The van der Waals surface area contributed by atoms with Crippen LogP contribution in [0.1, 0.15) is 15.9 Å². The minimum absolute atomic E-state index is 0.242. The minimum Gasteiger partial charge on any atom is -0.486 e. The first kappa shape index (κ1) is 15.2. The van der Waals surface area contributed by atoms with Gasteiger partial charge in [-0.2, -0.15) is 0 Å². The molecule has 0 unspecified atom stereocenters. The molecule has 5 nitrogen and oxygen atoms in total. The fourth-order valence-corrected chi connectivity index (χ4v) is 3.56. The second-order valence-electron chi connectivity index (χ2n) is 5.40. The highest BCUT2D eigenvalue weighted by Gasteiger charge is 2.16. The third kappa shape index (κ3) is 2.79. The normalized spacial score (nSPS) is 13.1. The van der Waals surface area contributed by atoms with Gasteiger partial charge in [-0.3, -0.25) is 10.1 Å². The van der Waals surface area contributed by atoms with E-state index in [1.54, 1.807) is 18.2 Å². The topological polar surface area (TPSA) is 60.5 Å². The zero-order valence-corrected chi connectivity index (χ0v) is 14.3. The molecule has 0 atom stereocenters. The lowest BCUT2D eigenvalue weighted by molar-refractivity contribution is 0.102. The lowest BCUT2D eigenvalue weighted by Crippen LogP contribution is -2.17. The summed E-state index contributed by atoms with van der Waals surface area (Å²) in [6.45, 7) is 2.94. The van der Waals surface area contributed by atoms with E-state index in [1.165, 1.54) is 11.3 Å². The molecule has 1 aliphatic heterocycles. The minimum atomic E-state index is -0.242. The second kappa shape index (κ2) is 5.96. The highest BCUT2D eigenvalue weighted by Crippen LogP contribution is 2.32. The maximum absolute atomic E-state index is 12.4. The first-order valence-corrected chi connectivity index (χ1v) is 8.57.